The first-order valence-electron chi connectivity index (χ1n) is 6.73. The van der Waals surface area contributed by atoms with Crippen molar-refractivity contribution < 1.29 is 0 Å². The summed E-state index contributed by atoms with van der Waals surface area (Å²) in [6, 6.07) is 0. The third-order valence-corrected chi connectivity index (χ3v) is 3.63. The highest BCUT2D eigenvalue weighted by Gasteiger charge is 2.35. The van der Waals surface area contributed by atoms with Crippen molar-refractivity contribution in [1.29, 1.82) is 0 Å². The van der Waals surface area contributed by atoms with E-state index in [1.165, 1.54) is 12.8 Å². The molecule has 0 aliphatic rings. The minimum Gasteiger partial charge on any atom is -0.296 e. The van der Waals surface area contributed by atoms with Gasteiger partial charge in [0.25, 0.3) is 0 Å². The molecule has 0 amide bonds. The molecular weight excluding hydrogens is 193 g/mol. The van der Waals surface area contributed by atoms with Crippen LogP contribution in [0.3, 0.4) is 0 Å². The van der Waals surface area contributed by atoms with Crippen LogP contribution in [-0.4, -0.2) is 30.9 Å². The Morgan fingerprint density at radius 3 is 1.62 bits per heavy atom. The zero-order chi connectivity index (χ0) is 13.1. The molecule has 96 valence electrons. The fourth-order valence-corrected chi connectivity index (χ4v) is 3.09. The van der Waals surface area contributed by atoms with E-state index in [4.69, 9.17) is 0 Å². The smallest absolute Gasteiger partial charge is 0.105 e. The zero-order valence-electron chi connectivity index (χ0n) is 13.0. The molecule has 0 radical (unpaired) electrons. The van der Waals surface area contributed by atoms with E-state index in [0.717, 1.165) is 11.7 Å². The molecule has 0 aliphatic carbocycles. The molecule has 1 atom stereocenters. The van der Waals surface area contributed by atoms with Crippen LogP contribution in [0.25, 0.3) is 0 Å². The second-order valence-electron chi connectivity index (χ2n) is 7.38. The molecular formula is C14H32BN. The van der Waals surface area contributed by atoms with Gasteiger partial charge in [-0.15, -0.1) is 0 Å². The van der Waals surface area contributed by atoms with Crippen LogP contribution in [0.1, 0.15) is 61.3 Å². The molecule has 0 saturated heterocycles. The van der Waals surface area contributed by atoms with E-state index in [9.17, 15) is 0 Å². The zero-order valence-corrected chi connectivity index (χ0v) is 13.0. The van der Waals surface area contributed by atoms with E-state index in [-0.39, 0.29) is 11.1 Å². The molecule has 16 heavy (non-hydrogen) atoms. The Balaban J connectivity index is 4.68. The molecule has 0 aromatic rings. The van der Waals surface area contributed by atoms with Crippen LogP contribution < -0.4 is 0 Å². The van der Waals surface area contributed by atoms with Gasteiger partial charge in [-0.3, -0.25) is 4.90 Å². The van der Waals surface area contributed by atoms with Gasteiger partial charge in [0, 0.05) is 11.1 Å². The highest BCUT2D eigenvalue weighted by Crippen LogP contribution is 2.33. The summed E-state index contributed by atoms with van der Waals surface area (Å²) in [7, 11) is 4.59. The van der Waals surface area contributed by atoms with Gasteiger partial charge in [0.1, 0.15) is 7.85 Å². The van der Waals surface area contributed by atoms with Crippen molar-refractivity contribution in [2.24, 2.45) is 5.92 Å². The standard InChI is InChI=1S/C14H32BN/c1-11(2)9-13(4,5)16(8)14(6,7)10-12(3)15/h11-12H,9-10,15H2,1-8H3. The average molecular weight is 225 g/mol. The molecule has 0 bridgehead atoms. The summed E-state index contributed by atoms with van der Waals surface area (Å²) in [6.45, 7) is 16.4. The van der Waals surface area contributed by atoms with E-state index in [2.05, 4.69) is 68.3 Å². The molecule has 0 spiro atoms. The maximum Gasteiger partial charge on any atom is 0.105 e. The lowest BCUT2D eigenvalue weighted by molar-refractivity contribution is 0.0256. The lowest BCUT2D eigenvalue weighted by atomic mass is 9.76. The van der Waals surface area contributed by atoms with Crippen LogP contribution in [0.2, 0.25) is 5.82 Å². The summed E-state index contributed by atoms with van der Waals surface area (Å²) in [5.74, 6) is 1.51. The Morgan fingerprint density at radius 2 is 1.31 bits per heavy atom. The second kappa shape index (κ2) is 5.57. The van der Waals surface area contributed by atoms with Crippen molar-refractivity contribution >= 4 is 7.85 Å². The highest BCUT2D eigenvalue weighted by atomic mass is 15.2. The fraction of sp³-hybridized carbons (Fsp3) is 1.00. The second-order valence-corrected chi connectivity index (χ2v) is 7.38. The van der Waals surface area contributed by atoms with Gasteiger partial charge in [0.05, 0.1) is 0 Å². The van der Waals surface area contributed by atoms with Crippen molar-refractivity contribution in [1.82, 2.24) is 4.90 Å². The molecule has 1 unspecified atom stereocenters. The minimum atomic E-state index is 0.284. The lowest BCUT2D eigenvalue weighted by Gasteiger charge is -2.48. The van der Waals surface area contributed by atoms with E-state index in [1.807, 2.05) is 0 Å². The fourth-order valence-electron chi connectivity index (χ4n) is 3.09. The van der Waals surface area contributed by atoms with Crippen LogP contribution in [0.4, 0.5) is 0 Å². The summed E-state index contributed by atoms with van der Waals surface area (Å²) < 4.78 is 0. The lowest BCUT2D eigenvalue weighted by Crippen LogP contribution is -2.53. The molecule has 0 aromatic carbocycles. The molecule has 0 fully saturated rings. The third kappa shape index (κ3) is 4.90. The van der Waals surface area contributed by atoms with Crippen LogP contribution in [-0.2, 0) is 0 Å². The quantitative estimate of drug-likeness (QED) is 0.626. The van der Waals surface area contributed by atoms with Crippen LogP contribution >= 0.6 is 0 Å². The Hall–Kier alpha value is 0.0249. The van der Waals surface area contributed by atoms with Gasteiger partial charge >= 0.3 is 0 Å². The van der Waals surface area contributed by atoms with E-state index < -0.39 is 0 Å². The van der Waals surface area contributed by atoms with Crippen molar-refractivity contribution in [2.45, 2.75) is 78.2 Å². The van der Waals surface area contributed by atoms with Gasteiger partial charge in [0.15, 0.2) is 0 Å². The van der Waals surface area contributed by atoms with Crippen molar-refractivity contribution in [2.75, 3.05) is 7.05 Å². The van der Waals surface area contributed by atoms with Gasteiger partial charge < -0.3 is 0 Å². The average Bonchev–Trinajstić information content (AvgIpc) is 1.97. The topological polar surface area (TPSA) is 3.24 Å². The summed E-state index contributed by atoms with van der Waals surface area (Å²) >= 11 is 0. The number of hydrogen-bond acceptors (Lipinski definition) is 1. The SMILES string of the molecule is BC(C)CC(C)(C)N(C)C(C)(C)CC(C)C. The Labute approximate surface area is 104 Å². The van der Waals surface area contributed by atoms with Gasteiger partial charge in [0.2, 0.25) is 0 Å². The first kappa shape index (κ1) is 16.0. The van der Waals surface area contributed by atoms with Gasteiger partial charge in [-0.25, -0.2) is 0 Å². The Kier molecular flexibility index (Phi) is 5.58. The van der Waals surface area contributed by atoms with Gasteiger partial charge in [-0.1, -0.05) is 26.6 Å². The molecule has 0 saturated carbocycles. The van der Waals surface area contributed by atoms with E-state index in [1.54, 1.807) is 0 Å². The third-order valence-electron chi connectivity index (χ3n) is 3.63. The van der Waals surface area contributed by atoms with Gasteiger partial charge in [-0.05, 0) is 53.5 Å². The predicted molar refractivity (Wildman–Crippen MR) is 78.0 cm³/mol. The van der Waals surface area contributed by atoms with Gasteiger partial charge in [-0.2, -0.15) is 0 Å². The largest absolute Gasteiger partial charge is 0.296 e. The van der Waals surface area contributed by atoms with E-state index in [0.29, 0.717) is 0 Å². The predicted octanol–water partition coefficient (Wildman–Crippen LogP) is 3.35. The molecule has 0 aromatic heterocycles. The summed E-state index contributed by atoms with van der Waals surface area (Å²) in [5.41, 5.74) is 0.569. The van der Waals surface area contributed by atoms with Crippen molar-refractivity contribution in [3.05, 3.63) is 0 Å². The Morgan fingerprint density at radius 1 is 0.938 bits per heavy atom. The molecule has 2 heteroatoms. The number of nitrogens with zero attached hydrogens (tertiary/aromatic N) is 1. The van der Waals surface area contributed by atoms with Crippen LogP contribution in [0.15, 0.2) is 0 Å². The van der Waals surface area contributed by atoms with Crippen LogP contribution in [0, 0.1) is 5.92 Å². The molecule has 0 aliphatic heterocycles. The highest BCUT2D eigenvalue weighted by molar-refractivity contribution is 6.11. The normalized spacial score (nSPS) is 15.9. The first-order chi connectivity index (χ1) is 6.99. The molecule has 1 nitrogen and oxygen atoms in total. The van der Waals surface area contributed by atoms with Crippen molar-refractivity contribution in [3.8, 4) is 0 Å². The van der Waals surface area contributed by atoms with Crippen LogP contribution in [0.5, 0.6) is 0 Å². The van der Waals surface area contributed by atoms with E-state index >= 15 is 0 Å². The number of hydrogen-bond donors (Lipinski definition) is 0. The summed E-state index contributed by atoms with van der Waals surface area (Å²) in [5, 5.41) is 0. The summed E-state index contributed by atoms with van der Waals surface area (Å²) in [4.78, 5) is 2.57. The molecule has 0 rings (SSSR count). The maximum absolute atomic E-state index is 2.57. The minimum absolute atomic E-state index is 0.284. The summed E-state index contributed by atoms with van der Waals surface area (Å²) in [6.07, 6.45) is 2.51. The molecule has 0 heterocycles. The first-order valence-corrected chi connectivity index (χ1v) is 6.73. The Bertz CT molecular complexity index is 185. The molecule has 0 N–H and O–H groups in total. The number of rotatable bonds is 6. The maximum atomic E-state index is 2.57. The van der Waals surface area contributed by atoms with Crippen molar-refractivity contribution in [3.63, 3.8) is 0 Å². The monoisotopic (exact) mass is 225 g/mol.